The highest BCUT2D eigenvalue weighted by Gasteiger charge is 2.29. The smallest absolute Gasteiger partial charge is 0.256 e. The summed E-state index contributed by atoms with van der Waals surface area (Å²) in [5.41, 5.74) is 5.04. The molecule has 3 heterocycles. The van der Waals surface area contributed by atoms with Crippen molar-refractivity contribution in [1.82, 2.24) is 20.0 Å². The molecule has 4 aromatic rings. The normalized spacial score (nSPS) is 13.7. The molecule has 6 nitrogen and oxygen atoms in total. The first-order valence-corrected chi connectivity index (χ1v) is 8.98. The van der Waals surface area contributed by atoms with Crippen LogP contribution in [0.15, 0.2) is 53.1 Å². The van der Waals surface area contributed by atoms with Crippen LogP contribution in [-0.2, 0) is 13.0 Å². The maximum Gasteiger partial charge on any atom is 0.256 e. The number of rotatable bonds is 2. The minimum absolute atomic E-state index is 0.0158. The number of para-hydroxylation sites is 1. The van der Waals surface area contributed by atoms with Crippen LogP contribution in [0.1, 0.15) is 27.5 Å². The molecular formula is C21H18N4O2. The monoisotopic (exact) mass is 358 g/mol. The molecule has 6 heteroatoms. The van der Waals surface area contributed by atoms with Gasteiger partial charge in [0.15, 0.2) is 0 Å². The van der Waals surface area contributed by atoms with E-state index < -0.39 is 0 Å². The molecular weight excluding hydrogens is 340 g/mol. The van der Waals surface area contributed by atoms with E-state index in [4.69, 9.17) is 4.52 Å². The average Bonchev–Trinajstić information content (AvgIpc) is 3.29. The number of imidazole rings is 1. The fourth-order valence-corrected chi connectivity index (χ4v) is 3.70. The van der Waals surface area contributed by atoms with Crippen LogP contribution in [0, 0.1) is 6.92 Å². The minimum Gasteiger partial charge on any atom is -0.360 e. The second kappa shape index (κ2) is 6.09. The Morgan fingerprint density at radius 3 is 2.85 bits per heavy atom. The molecule has 0 bridgehead atoms. The van der Waals surface area contributed by atoms with E-state index in [9.17, 15) is 4.79 Å². The Hall–Kier alpha value is -3.41. The Bertz CT molecular complexity index is 1140. The molecule has 2 aromatic heterocycles. The molecule has 0 saturated carbocycles. The average molecular weight is 358 g/mol. The first-order chi connectivity index (χ1) is 13.2. The highest BCUT2D eigenvalue weighted by atomic mass is 16.5. The van der Waals surface area contributed by atoms with Gasteiger partial charge in [-0.25, -0.2) is 4.98 Å². The summed E-state index contributed by atoms with van der Waals surface area (Å²) in [5.74, 6) is 1.65. The Kier molecular flexibility index (Phi) is 3.57. The Labute approximate surface area is 155 Å². The number of hydrogen-bond donors (Lipinski definition) is 1. The molecule has 134 valence electrons. The van der Waals surface area contributed by atoms with E-state index in [1.807, 2.05) is 60.4 Å². The van der Waals surface area contributed by atoms with Gasteiger partial charge in [0, 0.05) is 24.1 Å². The van der Waals surface area contributed by atoms with Crippen molar-refractivity contribution in [3.63, 3.8) is 0 Å². The highest BCUT2D eigenvalue weighted by Crippen LogP contribution is 2.31. The van der Waals surface area contributed by atoms with E-state index >= 15 is 0 Å². The predicted octanol–water partition coefficient (Wildman–Crippen LogP) is 3.72. The van der Waals surface area contributed by atoms with Gasteiger partial charge in [-0.3, -0.25) is 4.79 Å². The molecule has 2 aromatic carbocycles. The zero-order valence-electron chi connectivity index (χ0n) is 14.9. The SMILES string of the molecule is Cc1nc2c(C(=O)N3CCc4onc(-c5ccccc5)c4C3)cccc2[nH]1. The summed E-state index contributed by atoms with van der Waals surface area (Å²) in [6, 6.07) is 15.6. The number of fused-ring (bicyclic) bond motifs is 2. The lowest BCUT2D eigenvalue weighted by molar-refractivity contribution is 0.0731. The number of carbonyl (C=O) groups excluding carboxylic acids is 1. The summed E-state index contributed by atoms with van der Waals surface area (Å²) in [4.78, 5) is 22.8. The van der Waals surface area contributed by atoms with Gasteiger partial charge in [-0.05, 0) is 19.1 Å². The van der Waals surface area contributed by atoms with Crippen molar-refractivity contribution >= 4 is 16.9 Å². The van der Waals surface area contributed by atoms with E-state index in [0.717, 1.165) is 39.4 Å². The van der Waals surface area contributed by atoms with E-state index in [-0.39, 0.29) is 5.91 Å². The third-order valence-corrected chi connectivity index (χ3v) is 5.02. The number of amides is 1. The maximum absolute atomic E-state index is 13.2. The maximum atomic E-state index is 13.2. The topological polar surface area (TPSA) is 75.0 Å². The van der Waals surface area contributed by atoms with Crippen molar-refractivity contribution < 1.29 is 9.32 Å². The summed E-state index contributed by atoms with van der Waals surface area (Å²) in [6.45, 7) is 2.99. The highest BCUT2D eigenvalue weighted by molar-refractivity contribution is 6.05. The molecule has 1 amide bonds. The zero-order valence-corrected chi connectivity index (χ0v) is 14.9. The molecule has 0 spiro atoms. The molecule has 0 atom stereocenters. The number of nitrogens with one attached hydrogen (secondary N) is 1. The molecule has 0 radical (unpaired) electrons. The van der Waals surface area contributed by atoms with Crippen LogP contribution in [0.3, 0.4) is 0 Å². The molecule has 1 aliphatic rings. The van der Waals surface area contributed by atoms with Crippen molar-refractivity contribution in [1.29, 1.82) is 0 Å². The Morgan fingerprint density at radius 1 is 1.15 bits per heavy atom. The van der Waals surface area contributed by atoms with Crippen molar-refractivity contribution in [2.75, 3.05) is 6.54 Å². The van der Waals surface area contributed by atoms with Crippen molar-refractivity contribution in [3.8, 4) is 11.3 Å². The molecule has 0 saturated heterocycles. The van der Waals surface area contributed by atoms with Crippen LogP contribution >= 0.6 is 0 Å². The summed E-state index contributed by atoms with van der Waals surface area (Å²) in [6.07, 6.45) is 0.663. The van der Waals surface area contributed by atoms with Crippen LogP contribution in [0.25, 0.3) is 22.3 Å². The van der Waals surface area contributed by atoms with E-state index in [1.165, 1.54) is 0 Å². The van der Waals surface area contributed by atoms with Gasteiger partial charge in [0.25, 0.3) is 5.91 Å². The lowest BCUT2D eigenvalue weighted by atomic mass is 10.0. The predicted molar refractivity (Wildman–Crippen MR) is 101 cm³/mol. The second-order valence-corrected chi connectivity index (χ2v) is 6.80. The summed E-state index contributed by atoms with van der Waals surface area (Å²) in [7, 11) is 0. The van der Waals surface area contributed by atoms with E-state index in [0.29, 0.717) is 25.1 Å². The van der Waals surface area contributed by atoms with Gasteiger partial charge in [0.1, 0.15) is 22.8 Å². The van der Waals surface area contributed by atoms with Crippen molar-refractivity contribution in [3.05, 3.63) is 71.2 Å². The van der Waals surface area contributed by atoms with Crippen LogP contribution in [0.5, 0.6) is 0 Å². The van der Waals surface area contributed by atoms with Crippen molar-refractivity contribution in [2.24, 2.45) is 0 Å². The molecule has 0 fully saturated rings. The van der Waals surface area contributed by atoms with Gasteiger partial charge in [0.05, 0.1) is 17.6 Å². The number of carbonyl (C=O) groups is 1. The van der Waals surface area contributed by atoms with E-state index in [2.05, 4.69) is 15.1 Å². The van der Waals surface area contributed by atoms with Gasteiger partial charge < -0.3 is 14.4 Å². The van der Waals surface area contributed by atoms with Crippen LogP contribution < -0.4 is 0 Å². The molecule has 0 unspecified atom stereocenters. The number of nitrogens with zero attached hydrogens (tertiary/aromatic N) is 3. The third kappa shape index (κ3) is 2.61. The molecule has 27 heavy (non-hydrogen) atoms. The van der Waals surface area contributed by atoms with Gasteiger partial charge in [-0.15, -0.1) is 0 Å². The number of hydrogen-bond acceptors (Lipinski definition) is 4. The Morgan fingerprint density at radius 2 is 2.00 bits per heavy atom. The number of H-pyrrole nitrogens is 1. The van der Waals surface area contributed by atoms with Crippen LogP contribution in [-0.4, -0.2) is 32.5 Å². The zero-order chi connectivity index (χ0) is 18.4. The largest absolute Gasteiger partial charge is 0.360 e. The standard InChI is InChI=1S/C21H18N4O2/c1-13-22-17-9-5-8-15(20(17)23-13)21(26)25-11-10-18-16(12-25)19(24-27-18)14-6-3-2-4-7-14/h2-9H,10-12H2,1H3,(H,22,23). The van der Waals surface area contributed by atoms with Gasteiger partial charge in [-0.1, -0.05) is 41.6 Å². The summed E-state index contributed by atoms with van der Waals surface area (Å²) in [5, 5.41) is 4.26. The van der Waals surface area contributed by atoms with Crippen LogP contribution in [0.4, 0.5) is 0 Å². The van der Waals surface area contributed by atoms with E-state index in [1.54, 1.807) is 0 Å². The van der Waals surface area contributed by atoms with Crippen LogP contribution in [0.2, 0.25) is 0 Å². The molecule has 1 N–H and O–H groups in total. The number of benzene rings is 2. The number of aromatic nitrogens is 3. The fourth-order valence-electron chi connectivity index (χ4n) is 3.70. The lowest BCUT2D eigenvalue weighted by Crippen LogP contribution is -2.35. The molecule has 5 rings (SSSR count). The third-order valence-electron chi connectivity index (χ3n) is 5.02. The number of aromatic amines is 1. The summed E-state index contributed by atoms with van der Waals surface area (Å²) < 4.78 is 5.54. The molecule has 1 aliphatic heterocycles. The van der Waals surface area contributed by atoms with Gasteiger partial charge in [-0.2, -0.15) is 0 Å². The first kappa shape index (κ1) is 15.8. The number of aryl methyl sites for hydroxylation is 1. The second-order valence-electron chi connectivity index (χ2n) is 6.80. The van der Waals surface area contributed by atoms with Gasteiger partial charge in [0.2, 0.25) is 0 Å². The fraction of sp³-hybridized carbons (Fsp3) is 0.190. The first-order valence-electron chi connectivity index (χ1n) is 8.98. The summed E-state index contributed by atoms with van der Waals surface area (Å²) >= 11 is 0. The quantitative estimate of drug-likeness (QED) is 0.592. The lowest BCUT2D eigenvalue weighted by Gasteiger charge is -2.26. The molecule has 0 aliphatic carbocycles. The van der Waals surface area contributed by atoms with Crippen molar-refractivity contribution in [2.45, 2.75) is 19.9 Å². The Balaban J connectivity index is 1.50. The minimum atomic E-state index is -0.0158. The van der Waals surface area contributed by atoms with Gasteiger partial charge >= 0.3 is 0 Å².